The lowest BCUT2D eigenvalue weighted by molar-refractivity contribution is 0.620. The van der Waals surface area contributed by atoms with Crippen molar-refractivity contribution in [3.8, 4) is 5.69 Å². The van der Waals surface area contributed by atoms with Crippen molar-refractivity contribution in [3.05, 3.63) is 41.1 Å². The molecule has 0 aliphatic rings. The Morgan fingerprint density at radius 1 is 1.43 bits per heavy atom. The van der Waals surface area contributed by atoms with Gasteiger partial charge in [-0.3, -0.25) is 0 Å². The van der Waals surface area contributed by atoms with Crippen molar-refractivity contribution in [1.82, 2.24) is 9.55 Å². The molecule has 2 rings (SSSR count). The highest BCUT2D eigenvalue weighted by molar-refractivity contribution is 9.10. The van der Waals surface area contributed by atoms with Crippen LogP contribution in [0.2, 0.25) is 0 Å². The molecule has 0 radical (unpaired) electrons. The number of nitrogens with two attached hydrogens (primary N) is 1. The first-order chi connectivity index (χ1) is 6.68. The normalized spacial score (nSPS) is 10.4. The summed E-state index contributed by atoms with van der Waals surface area (Å²) in [4.78, 5) is 3.87. The summed E-state index contributed by atoms with van der Waals surface area (Å²) in [5.74, 6) is -0.345. The van der Waals surface area contributed by atoms with Gasteiger partial charge < -0.3 is 10.3 Å². The predicted molar refractivity (Wildman–Crippen MR) is 55.6 cm³/mol. The van der Waals surface area contributed by atoms with Crippen LogP contribution < -0.4 is 5.73 Å². The number of anilines is 1. The number of rotatable bonds is 1. The van der Waals surface area contributed by atoms with Gasteiger partial charge in [-0.2, -0.15) is 0 Å². The van der Waals surface area contributed by atoms with Gasteiger partial charge in [0.1, 0.15) is 5.82 Å². The molecule has 14 heavy (non-hydrogen) atoms. The third-order valence-electron chi connectivity index (χ3n) is 1.85. The van der Waals surface area contributed by atoms with Crippen molar-refractivity contribution in [2.75, 3.05) is 5.73 Å². The molecule has 5 heteroatoms. The minimum absolute atomic E-state index is 0.345. The maximum Gasteiger partial charge on any atom is 0.139 e. The van der Waals surface area contributed by atoms with Crippen molar-refractivity contribution in [3.63, 3.8) is 0 Å². The smallest absolute Gasteiger partial charge is 0.139 e. The lowest BCUT2D eigenvalue weighted by Crippen LogP contribution is -1.98. The van der Waals surface area contributed by atoms with Crippen LogP contribution >= 0.6 is 15.9 Å². The van der Waals surface area contributed by atoms with Crippen LogP contribution in [0.5, 0.6) is 0 Å². The highest BCUT2D eigenvalue weighted by Crippen LogP contribution is 2.25. The minimum Gasteiger partial charge on any atom is -0.397 e. The fraction of sp³-hybridized carbons (Fsp3) is 0. The predicted octanol–water partition coefficient (Wildman–Crippen LogP) is 2.36. The van der Waals surface area contributed by atoms with Crippen LogP contribution in [-0.4, -0.2) is 9.55 Å². The molecule has 1 aromatic heterocycles. The Kier molecular flexibility index (Phi) is 2.25. The first-order valence-electron chi connectivity index (χ1n) is 3.91. The molecule has 2 N–H and O–H groups in total. The van der Waals surface area contributed by atoms with Gasteiger partial charge in [-0.1, -0.05) is 0 Å². The highest BCUT2D eigenvalue weighted by Gasteiger charge is 2.06. The standard InChI is InChI=1S/C9H7BrFN3/c10-6-3-8(12)9(4-7(6)11)14-2-1-13-5-14/h1-5H,12H2. The molecule has 2 aromatic rings. The number of halogens is 2. The Bertz CT molecular complexity index is 453. The zero-order valence-electron chi connectivity index (χ0n) is 7.11. The molecule has 0 saturated carbocycles. The first-order valence-corrected chi connectivity index (χ1v) is 4.70. The van der Waals surface area contributed by atoms with Crippen LogP contribution in [-0.2, 0) is 0 Å². The molecule has 0 atom stereocenters. The molecule has 1 heterocycles. The van der Waals surface area contributed by atoms with Crippen molar-refractivity contribution >= 4 is 21.6 Å². The molecule has 0 saturated heterocycles. The van der Waals surface area contributed by atoms with Crippen LogP contribution in [0.15, 0.2) is 35.3 Å². The largest absolute Gasteiger partial charge is 0.397 e. The number of benzene rings is 1. The number of nitrogen functional groups attached to an aromatic ring is 1. The molecule has 1 aromatic carbocycles. The molecular formula is C9H7BrFN3. The van der Waals surface area contributed by atoms with E-state index in [4.69, 9.17) is 5.73 Å². The maximum atomic E-state index is 13.2. The maximum absolute atomic E-state index is 13.2. The molecule has 72 valence electrons. The number of nitrogens with zero attached hydrogens (tertiary/aromatic N) is 2. The second kappa shape index (κ2) is 3.42. The van der Waals surface area contributed by atoms with E-state index in [0.29, 0.717) is 15.8 Å². The molecule has 3 nitrogen and oxygen atoms in total. The van der Waals surface area contributed by atoms with Gasteiger partial charge in [-0.25, -0.2) is 9.37 Å². The van der Waals surface area contributed by atoms with Crippen LogP contribution in [0.4, 0.5) is 10.1 Å². The molecule has 0 bridgehead atoms. The Morgan fingerprint density at radius 2 is 2.21 bits per heavy atom. The fourth-order valence-electron chi connectivity index (χ4n) is 1.18. The van der Waals surface area contributed by atoms with E-state index in [1.165, 1.54) is 12.1 Å². The minimum atomic E-state index is -0.345. The number of imidazole rings is 1. The van der Waals surface area contributed by atoms with Crippen LogP contribution in [0.25, 0.3) is 5.69 Å². The van der Waals surface area contributed by atoms with Gasteiger partial charge in [0.2, 0.25) is 0 Å². The van der Waals surface area contributed by atoms with Gasteiger partial charge in [-0.05, 0) is 22.0 Å². The average Bonchev–Trinajstić information content (AvgIpc) is 2.64. The summed E-state index contributed by atoms with van der Waals surface area (Å²) in [6.07, 6.45) is 4.89. The Labute approximate surface area is 88.5 Å². The number of hydrogen-bond donors (Lipinski definition) is 1. The molecule has 0 fully saturated rings. The summed E-state index contributed by atoms with van der Waals surface area (Å²) >= 11 is 3.06. The summed E-state index contributed by atoms with van der Waals surface area (Å²) in [6, 6.07) is 2.89. The van der Waals surface area contributed by atoms with Gasteiger partial charge in [-0.15, -0.1) is 0 Å². The van der Waals surface area contributed by atoms with Gasteiger partial charge in [0, 0.05) is 18.5 Å². The quantitative estimate of drug-likeness (QED) is 0.796. The zero-order chi connectivity index (χ0) is 10.1. The molecule has 0 aliphatic carbocycles. The van der Waals surface area contributed by atoms with E-state index in [9.17, 15) is 4.39 Å². The fourth-order valence-corrected chi connectivity index (χ4v) is 1.54. The SMILES string of the molecule is Nc1cc(Br)c(F)cc1-n1ccnc1. The van der Waals surface area contributed by atoms with E-state index in [1.54, 1.807) is 23.3 Å². The Morgan fingerprint density at radius 3 is 2.86 bits per heavy atom. The van der Waals surface area contributed by atoms with Crippen LogP contribution in [0.1, 0.15) is 0 Å². The molecule has 0 amide bonds. The third-order valence-corrected chi connectivity index (χ3v) is 2.46. The van der Waals surface area contributed by atoms with Crippen molar-refractivity contribution in [1.29, 1.82) is 0 Å². The number of aromatic nitrogens is 2. The van der Waals surface area contributed by atoms with Crippen LogP contribution in [0.3, 0.4) is 0 Å². The zero-order valence-corrected chi connectivity index (χ0v) is 8.70. The first kappa shape index (κ1) is 9.21. The monoisotopic (exact) mass is 255 g/mol. The Balaban J connectivity index is 2.60. The average molecular weight is 256 g/mol. The number of hydrogen-bond acceptors (Lipinski definition) is 2. The Hall–Kier alpha value is -1.36. The summed E-state index contributed by atoms with van der Waals surface area (Å²) in [5, 5.41) is 0. The van der Waals surface area contributed by atoms with E-state index < -0.39 is 0 Å². The summed E-state index contributed by atoms with van der Waals surface area (Å²) < 4.78 is 15.2. The third kappa shape index (κ3) is 1.50. The van der Waals surface area contributed by atoms with Gasteiger partial charge in [0.05, 0.1) is 22.2 Å². The van der Waals surface area contributed by atoms with Gasteiger partial charge >= 0.3 is 0 Å². The van der Waals surface area contributed by atoms with E-state index in [1.807, 2.05) is 0 Å². The summed E-state index contributed by atoms with van der Waals surface area (Å²) in [5.41, 5.74) is 6.82. The highest BCUT2D eigenvalue weighted by atomic mass is 79.9. The summed E-state index contributed by atoms with van der Waals surface area (Å²) in [7, 11) is 0. The summed E-state index contributed by atoms with van der Waals surface area (Å²) in [6.45, 7) is 0. The van der Waals surface area contributed by atoms with Gasteiger partial charge in [0.25, 0.3) is 0 Å². The van der Waals surface area contributed by atoms with E-state index in [-0.39, 0.29) is 5.82 Å². The van der Waals surface area contributed by atoms with Gasteiger partial charge in [0.15, 0.2) is 0 Å². The van der Waals surface area contributed by atoms with E-state index in [0.717, 1.165) is 0 Å². The second-order valence-corrected chi connectivity index (χ2v) is 3.65. The lowest BCUT2D eigenvalue weighted by atomic mass is 10.2. The van der Waals surface area contributed by atoms with Crippen molar-refractivity contribution in [2.45, 2.75) is 0 Å². The van der Waals surface area contributed by atoms with Crippen LogP contribution in [0, 0.1) is 5.82 Å². The van der Waals surface area contributed by atoms with Crippen molar-refractivity contribution in [2.24, 2.45) is 0 Å². The molecule has 0 aliphatic heterocycles. The van der Waals surface area contributed by atoms with E-state index in [2.05, 4.69) is 20.9 Å². The van der Waals surface area contributed by atoms with Crippen molar-refractivity contribution < 1.29 is 4.39 Å². The lowest BCUT2D eigenvalue weighted by Gasteiger charge is -2.07. The molecule has 0 unspecified atom stereocenters. The van der Waals surface area contributed by atoms with E-state index >= 15 is 0 Å². The molecule has 0 spiro atoms. The second-order valence-electron chi connectivity index (χ2n) is 2.80. The molecular weight excluding hydrogens is 249 g/mol. The topological polar surface area (TPSA) is 43.8 Å².